The van der Waals surface area contributed by atoms with Crippen molar-refractivity contribution in [2.45, 2.75) is 52.0 Å². The number of hydrogen-bond acceptors (Lipinski definition) is 4. The van der Waals surface area contributed by atoms with E-state index in [1.165, 1.54) is 0 Å². The molecule has 128 valence electrons. The molecule has 0 unspecified atom stereocenters. The molecule has 1 aliphatic carbocycles. The van der Waals surface area contributed by atoms with Gasteiger partial charge >= 0.3 is 5.63 Å². The number of rotatable bonds is 5. The Bertz CT molecular complexity index is 835. The number of hydrogen-bond donors (Lipinski definition) is 1. The molecule has 2 aromatic rings. The molecule has 1 amide bonds. The van der Waals surface area contributed by atoms with Crippen LogP contribution in [0.4, 0.5) is 0 Å². The molecule has 0 saturated carbocycles. The topological polar surface area (TPSA) is 68.5 Å². The van der Waals surface area contributed by atoms with Crippen molar-refractivity contribution in [3.05, 3.63) is 39.7 Å². The molecule has 1 N–H and O–H groups in total. The number of fused-ring (bicyclic) bond motifs is 3. The highest BCUT2D eigenvalue weighted by Gasteiger charge is 2.20. The summed E-state index contributed by atoms with van der Waals surface area (Å²) in [4.78, 5) is 24.0. The molecule has 0 fully saturated rings. The Kier molecular flexibility index (Phi) is 4.35. The van der Waals surface area contributed by atoms with Gasteiger partial charge in [0.25, 0.3) is 5.91 Å². The third-order valence-electron chi connectivity index (χ3n) is 4.68. The zero-order chi connectivity index (χ0) is 17.3. The standard InChI is InChI=1S/C19H23NO4/c1-4-19(2,3)20-17(21)11-23-12-8-9-14-13-6-5-7-15(13)18(22)24-16(14)10-12/h8-10H,4-7,11H2,1-3H3,(H,20,21). The molecule has 1 aromatic heterocycles. The number of ether oxygens (including phenoxy) is 1. The van der Waals surface area contributed by atoms with E-state index in [0.717, 1.165) is 42.2 Å². The first kappa shape index (κ1) is 16.6. The Hall–Kier alpha value is -2.30. The van der Waals surface area contributed by atoms with Crippen LogP contribution in [0.5, 0.6) is 5.75 Å². The maximum atomic E-state index is 12.0. The number of carbonyl (C=O) groups is 1. The van der Waals surface area contributed by atoms with Gasteiger partial charge in [-0.05, 0) is 57.2 Å². The average Bonchev–Trinajstić information content (AvgIpc) is 3.03. The summed E-state index contributed by atoms with van der Waals surface area (Å²) >= 11 is 0. The van der Waals surface area contributed by atoms with Crippen LogP contribution in [-0.4, -0.2) is 18.1 Å². The number of benzene rings is 1. The molecule has 0 atom stereocenters. The molecule has 1 heterocycles. The van der Waals surface area contributed by atoms with Crippen molar-refractivity contribution in [2.75, 3.05) is 6.61 Å². The summed E-state index contributed by atoms with van der Waals surface area (Å²) in [6.07, 6.45) is 3.53. The maximum absolute atomic E-state index is 12.0. The fourth-order valence-electron chi connectivity index (χ4n) is 3.00. The quantitative estimate of drug-likeness (QED) is 0.856. The highest BCUT2D eigenvalue weighted by Crippen LogP contribution is 2.29. The van der Waals surface area contributed by atoms with Gasteiger partial charge in [0.1, 0.15) is 11.3 Å². The van der Waals surface area contributed by atoms with Gasteiger partial charge in [-0.2, -0.15) is 0 Å². The van der Waals surface area contributed by atoms with Gasteiger partial charge in [0.05, 0.1) is 0 Å². The molecular formula is C19H23NO4. The van der Waals surface area contributed by atoms with Crippen molar-refractivity contribution in [1.29, 1.82) is 0 Å². The minimum Gasteiger partial charge on any atom is -0.484 e. The highest BCUT2D eigenvalue weighted by atomic mass is 16.5. The zero-order valence-corrected chi connectivity index (χ0v) is 14.4. The van der Waals surface area contributed by atoms with E-state index in [2.05, 4.69) is 5.32 Å². The van der Waals surface area contributed by atoms with Gasteiger partial charge in [-0.1, -0.05) is 6.92 Å². The second-order valence-corrected chi connectivity index (χ2v) is 6.93. The van der Waals surface area contributed by atoms with Gasteiger partial charge in [-0.25, -0.2) is 4.79 Å². The largest absolute Gasteiger partial charge is 0.484 e. The second-order valence-electron chi connectivity index (χ2n) is 6.93. The van der Waals surface area contributed by atoms with Crippen molar-refractivity contribution in [2.24, 2.45) is 0 Å². The van der Waals surface area contributed by atoms with Gasteiger partial charge in [-0.3, -0.25) is 4.79 Å². The van der Waals surface area contributed by atoms with Gasteiger partial charge in [0, 0.05) is 22.6 Å². The Morgan fingerprint density at radius 3 is 2.79 bits per heavy atom. The van der Waals surface area contributed by atoms with E-state index in [1.807, 2.05) is 32.9 Å². The lowest BCUT2D eigenvalue weighted by atomic mass is 10.0. The van der Waals surface area contributed by atoms with Crippen LogP contribution in [0.25, 0.3) is 11.0 Å². The number of nitrogens with one attached hydrogen (secondary N) is 1. The Morgan fingerprint density at radius 1 is 1.29 bits per heavy atom. The third-order valence-corrected chi connectivity index (χ3v) is 4.68. The Balaban J connectivity index is 1.76. The summed E-state index contributed by atoms with van der Waals surface area (Å²) in [6, 6.07) is 5.42. The van der Waals surface area contributed by atoms with Gasteiger partial charge in [0.15, 0.2) is 6.61 Å². The van der Waals surface area contributed by atoms with Crippen LogP contribution < -0.4 is 15.7 Å². The number of aryl methyl sites for hydroxylation is 1. The molecule has 0 saturated heterocycles. The Labute approximate surface area is 141 Å². The molecule has 1 aromatic carbocycles. The summed E-state index contributed by atoms with van der Waals surface area (Å²) in [5, 5.41) is 3.88. The maximum Gasteiger partial charge on any atom is 0.339 e. The van der Waals surface area contributed by atoms with Crippen LogP contribution in [0.2, 0.25) is 0 Å². The van der Waals surface area contributed by atoms with Crippen LogP contribution in [0.3, 0.4) is 0 Å². The first-order chi connectivity index (χ1) is 11.4. The molecule has 0 aliphatic heterocycles. The van der Waals surface area contributed by atoms with E-state index in [-0.39, 0.29) is 23.7 Å². The predicted molar refractivity (Wildman–Crippen MR) is 92.5 cm³/mol. The zero-order valence-electron chi connectivity index (χ0n) is 14.4. The van der Waals surface area contributed by atoms with Gasteiger partial charge in [0.2, 0.25) is 0 Å². The van der Waals surface area contributed by atoms with Gasteiger partial charge in [-0.15, -0.1) is 0 Å². The summed E-state index contributed by atoms with van der Waals surface area (Å²) < 4.78 is 11.0. The number of amides is 1. The van der Waals surface area contributed by atoms with Gasteiger partial charge < -0.3 is 14.5 Å². The first-order valence-electron chi connectivity index (χ1n) is 8.42. The highest BCUT2D eigenvalue weighted by molar-refractivity contribution is 5.83. The third kappa shape index (κ3) is 3.30. The monoisotopic (exact) mass is 329 g/mol. The van der Waals surface area contributed by atoms with Crippen molar-refractivity contribution in [3.8, 4) is 5.75 Å². The summed E-state index contributed by atoms with van der Waals surface area (Å²) in [5.41, 5.74) is 1.91. The van der Waals surface area contributed by atoms with E-state index in [9.17, 15) is 9.59 Å². The predicted octanol–water partition coefficient (Wildman–Crippen LogP) is 2.97. The molecule has 3 rings (SSSR count). The van der Waals surface area contributed by atoms with E-state index in [0.29, 0.717) is 11.3 Å². The fraction of sp³-hybridized carbons (Fsp3) is 0.474. The van der Waals surface area contributed by atoms with Crippen molar-refractivity contribution < 1.29 is 13.9 Å². The molecule has 5 nitrogen and oxygen atoms in total. The molecule has 24 heavy (non-hydrogen) atoms. The Morgan fingerprint density at radius 2 is 2.04 bits per heavy atom. The van der Waals surface area contributed by atoms with E-state index in [4.69, 9.17) is 9.15 Å². The normalized spacial score (nSPS) is 13.8. The molecule has 1 aliphatic rings. The lowest BCUT2D eigenvalue weighted by Crippen LogP contribution is -2.44. The van der Waals surface area contributed by atoms with E-state index >= 15 is 0 Å². The summed E-state index contributed by atoms with van der Waals surface area (Å²) in [5.74, 6) is 0.352. The van der Waals surface area contributed by atoms with E-state index < -0.39 is 0 Å². The van der Waals surface area contributed by atoms with Crippen molar-refractivity contribution in [3.63, 3.8) is 0 Å². The fourth-order valence-corrected chi connectivity index (χ4v) is 3.00. The summed E-state index contributed by atoms with van der Waals surface area (Å²) in [6.45, 7) is 5.89. The molecular weight excluding hydrogens is 306 g/mol. The van der Waals surface area contributed by atoms with Crippen LogP contribution in [0.1, 0.15) is 44.7 Å². The molecule has 5 heteroatoms. The number of carbonyl (C=O) groups excluding carboxylic acids is 1. The lowest BCUT2D eigenvalue weighted by Gasteiger charge is -2.24. The molecule has 0 bridgehead atoms. The molecule has 0 spiro atoms. The van der Waals surface area contributed by atoms with Crippen LogP contribution in [-0.2, 0) is 17.6 Å². The summed E-state index contributed by atoms with van der Waals surface area (Å²) in [7, 11) is 0. The van der Waals surface area contributed by atoms with Crippen molar-refractivity contribution >= 4 is 16.9 Å². The van der Waals surface area contributed by atoms with Crippen molar-refractivity contribution in [1.82, 2.24) is 5.32 Å². The molecule has 0 radical (unpaired) electrons. The van der Waals surface area contributed by atoms with E-state index in [1.54, 1.807) is 6.07 Å². The average molecular weight is 329 g/mol. The van der Waals surface area contributed by atoms with Crippen LogP contribution >= 0.6 is 0 Å². The van der Waals surface area contributed by atoms with Crippen LogP contribution in [0.15, 0.2) is 27.4 Å². The second kappa shape index (κ2) is 6.30. The smallest absolute Gasteiger partial charge is 0.339 e. The minimum atomic E-state index is -0.255. The minimum absolute atomic E-state index is 0.0654. The van der Waals surface area contributed by atoms with Crippen LogP contribution in [0, 0.1) is 0 Å². The lowest BCUT2D eigenvalue weighted by molar-refractivity contribution is -0.124. The first-order valence-corrected chi connectivity index (χ1v) is 8.42. The SMILES string of the molecule is CCC(C)(C)NC(=O)COc1ccc2c3c(c(=O)oc2c1)CCC3.